The lowest BCUT2D eigenvalue weighted by molar-refractivity contribution is -0.0874. The zero-order chi connectivity index (χ0) is 15.0. The molecular weight excluding hydrogens is 264 g/mol. The summed E-state index contributed by atoms with van der Waals surface area (Å²) in [5.74, 6) is 0.568. The Balaban J connectivity index is 1.94. The van der Waals surface area contributed by atoms with Crippen LogP contribution in [0.3, 0.4) is 0 Å². The number of hydrogen-bond acceptors (Lipinski definition) is 4. The number of methoxy groups -OCH3 is 1. The van der Waals surface area contributed by atoms with Crippen molar-refractivity contribution in [3.63, 3.8) is 0 Å². The van der Waals surface area contributed by atoms with E-state index in [0.29, 0.717) is 23.4 Å². The van der Waals surface area contributed by atoms with E-state index in [1.807, 2.05) is 6.07 Å². The van der Waals surface area contributed by atoms with Crippen LogP contribution in [0.2, 0.25) is 0 Å². The van der Waals surface area contributed by atoms with Crippen molar-refractivity contribution in [3.8, 4) is 11.8 Å². The third kappa shape index (κ3) is 2.41. The zero-order valence-corrected chi connectivity index (χ0v) is 12.7. The second-order valence-electron chi connectivity index (χ2n) is 6.37. The highest BCUT2D eigenvalue weighted by atomic mass is 16.5. The van der Waals surface area contributed by atoms with Crippen LogP contribution in [0.5, 0.6) is 5.75 Å². The Bertz CT molecular complexity index is 565. The molecule has 2 bridgehead atoms. The van der Waals surface area contributed by atoms with Gasteiger partial charge in [0.05, 0.1) is 18.3 Å². The van der Waals surface area contributed by atoms with Crippen molar-refractivity contribution in [1.82, 2.24) is 4.90 Å². The Morgan fingerprint density at radius 1 is 1.33 bits per heavy atom. The average molecular weight is 286 g/mol. The van der Waals surface area contributed by atoms with Gasteiger partial charge in [-0.3, -0.25) is 0 Å². The Kier molecular flexibility index (Phi) is 3.64. The van der Waals surface area contributed by atoms with E-state index >= 15 is 0 Å². The molecule has 2 unspecified atom stereocenters. The van der Waals surface area contributed by atoms with E-state index in [9.17, 15) is 10.4 Å². The summed E-state index contributed by atoms with van der Waals surface area (Å²) in [5, 5.41) is 20.4. The van der Waals surface area contributed by atoms with Crippen LogP contribution in [0, 0.1) is 11.3 Å². The molecule has 1 N–H and O–H groups in total. The van der Waals surface area contributed by atoms with Crippen molar-refractivity contribution in [3.05, 3.63) is 29.3 Å². The summed E-state index contributed by atoms with van der Waals surface area (Å²) in [5.41, 5.74) is 0.525. The number of ether oxygens (including phenoxy) is 1. The van der Waals surface area contributed by atoms with E-state index in [2.05, 4.69) is 18.0 Å². The number of fused-ring (bicyclic) bond motifs is 2. The maximum atomic E-state index is 11.2. The van der Waals surface area contributed by atoms with E-state index in [1.165, 1.54) is 6.42 Å². The minimum absolute atomic E-state index is 0.440. The van der Waals surface area contributed by atoms with Gasteiger partial charge < -0.3 is 14.7 Å². The van der Waals surface area contributed by atoms with E-state index in [0.717, 1.165) is 31.2 Å². The van der Waals surface area contributed by atoms with Crippen LogP contribution in [0.15, 0.2) is 18.2 Å². The fraction of sp³-hybridized carbons (Fsp3) is 0.588. The second-order valence-corrected chi connectivity index (χ2v) is 6.37. The van der Waals surface area contributed by atoms with E-state index in [1.54, 1.807) is 19.2 Å². The van der Waals surface area contributed by atoms with Crippen LogP contribution in [0.25, 0.3) is 0 Å². The van der Waals surface area contributed by atoms with Crippen LogP contribution < -0.4 is 4.74 Å². The van der Waals surface area contributed by atoms with Gasteiger partial charge in [-0.1, -0.05) is 12.5 Å². The van der Waals surface area contributed by atoms with Crippen molar-refractivity contribution in [2.75, 3.05) is 14.2 Å². The van der Waals surface area contributed by atoms with E-state index in [4.69, 9.17) is 4.74 Å². The van der Waals surface area contributed by atoms with Gasteiger partial charge >= 0.3 is 0 Å². The lowest BCUT2D eigenvalue weighted by Crippen LogP contribution is -2.55. The van der Waals surface area contributed by atoms with Gasteiger partial charge in [0.25, 0.3) is 0 Å². The number of nitriles is 1. The maximum Gasteiger partial charge on any atom is 0.136 e. The molecule has 0 aromatic heterocycles. The van der Waals surface area contributed by atoms with Crippen LogP contribution in [-0.4, -0.2) is 36.2 Å². The molecule has 0 spiro atoms. The van der Waals surface area contributed by atoms with Crippen molar-refractivity contribution in [2.45, 2.75) is 49.8 Å². The lowest BCUT2D eigenvalue weighted by atomic mass is 9.72. The smallest absolute Gasteiger partial charge is 0.136 e. The summed E-state index contributed by atoms with van der Waals surface area (Å²) in [7, 11) is 3.73. The topological polar surface area (TPSA) is 56.5 Å². The molecule has 0 saturated carbocycles. The molecule has 2 fully saturated rings. The molecule has 2 aliphatic heterocycles. The molecule has 4 heteroatoms. The molecular formula is C17H22N2O2. The Morgan fingerprint density at radius 3 is 2.57 bits per heavy atom. The van der Waals surface area contributed by atoms with Crippen LogP contribution >= 0.6 is 0 Å². The molecule has 2 saturated heterocycles. The fourth-order valence-corrected chi connectivity index (χ4v) is 3.97. The summed E-state index contributed by atoms with van der Waals surface area (Å²) in [6.07, 6.45) is 5.04. The summed E-state index contributed by atoms with van der Waals surface area (Å²) >= 11 is 0. The fourth-order valence-electron chi connectivity index (χ4n) is 3.97. The first kappa shape index (κ1) is 14.4. The first-order valence-electron chi connectivity index (χ1n) is 7.60. The van der Waals surface area contributed by atoms with Crippen LogP contribution in [0.4, 0.5) is 0 Å². The predicted molar refractivity (Wildman–Crippen MR) is 80.0 cm³/mol. The van der Waals surface area contributed by atoms with Gasteiger partial charge in [-0.25, -0.2) is 0 Å². The number of benzene rings is 1. The molecule has 3 rings (SSSR count). The summed E-state index contributed by atoms with van der Waals surface area (Å²) in [6.45, 7) is 0. The molecule has 0 amide bonds. The SMILES string of the molecule is COc1ccc(C2(O)CC3CCCC(C2)N3C)cc1C#N. The summed E-state index contributed by atoms with van der Waals surface area (Å²) in [4.78, 5) is 2.42. The monoisotopic (exact) mass is 286 g/mol. The Morgan fingerprint density at radius 2 is 2.00 bits per heavy atom. The summed E-state index contributed by atoms with van der Waals surface area (Å²) < 4.78 is 5.19. The molecule has 1 aromatic carbocycles. The minimum Gasteiger partial charge on any atom is -0.495 e. The van der Waals surface area contributed by atoms with Crippen LogP contribution in [-0.2, 0) is 5.60 Å². The molecule has 0 aliphatic carbocycles. The summed E-state index contributed by atoms with van der Waals surface area (Å²) in [6, 6.07) is 8.52. The molecule has 2 aliphatic rings. The number of hydrogen-bond donors (Lipinski definition) is 1. The highest BCUT2D eigenvalue weighted by Gasteiger charge is 2.44. The maximum absolute atomic E-state index is 11.2. The van der Waals surface area contributed by atoms with Crippen molar-refractivity contribution >= 4 is 0 Å². The number of aliphatic hydroxyl groups is 1. The van der Waals surface area contributed by atoms with Gasteiger partial charge in [-0.05, 0) is 50.4 Å². The van der Waals surface area contributed by atoms with Crippen molar-refractivity contribution < 1.29 is 9.84 Å². The third-order valence-electron chi connectivity index (χ3n) is 5.23. The van der Waals surface area contributed by atoms with E-state index < -0.39 is 5.60 Å². The molecule has 21 heavy (non-hydrogen) atoms. The third-order valence-corrected chi connectivity index (χ3v) is 5.23. The van der Waals surface area contributed by atoms with E-state index in [-0.39, 0.29) is 0 Å². The average Bonchev–Trinajstić information content (AvgIpc) is 2.48. The quantitative estimate of drug-likeness (QED) is 0.907. The number of rotatable bonds is 2. The number of nitrogens with zero attached hydrogens (tertiary/aromatic N) is 2. The first-order chi connectivity index (χ1) is 10.1. The molecule has 2 heterocycles. The molecule has 1 aromatic rings. The molecule has 0 radical (unpaired) electrons. The Labute approximate surface area is 125 Å². The first-order valence-corrected chi connectivity index (χ1v) is 7.60. The van der Waals surface area contributed by atoms with Crippen LogP contribution in [0.1, 0.15) is 43.2 Å². The largest absolute Gasteiger partial charge is 0.495 e. The van der Waals surface area contributed by atoms with Gasteiger partial charge in [0.1, 0.15) is 11.8 Å². The second kappa shape index (κ2) is 5.32. The minimum atomic E-state index is -0.819. The highest BCUT2D eigenvalue weighted by molar-refractivity contribution is 5.47. The van der Waals surface area contributed by atoms with Gasteiger partial charge in [-0.15, -0.1) is 0 Å². The van der Waals surface area contributed by atoms with Gasteiger partial charge in [0.15, 0.2) is 0 Å². The Hall–Kier alpha value is -1.57. The van der Waals surface area contributed by atoms with Gasteiger partial charge in [-0.2, -0.15) is 5.26 Å². The number of piperidine rings is 2. The molecule has 112 valence electrons. The van der Waals surface area contributed by atoms with Gasteiger partial charge in [0, 0.05) is 12.1 Å². The molecule has 4 nitrogen and oxygen atoms in total. The van der Waals surface area contributed by atoms with Gasteiger partial charge in [0.2, 0.25) is 0 Å². The zero-order valence-electron chi connectivity index (χ0n) is 12.7. The molecule has 2 atom stereocenters. The normalized spacial score (nSPS) is 32.5. The predicted octanol–water partition coefficient (Wildman–Crippen LogP) is 2.40. The van der Waals surface area contributed by atoms with Crippen molar-refractivity contribution in [2.24, 2.45) is 0 Å². The highest BCUT2D eigenvalue weighted by Crippen LogP contribution is 2.44. The van der Waals surface area contributed by atoms with Crippen molar-refractivity contribution in [1.29, 1.82) is 5.26 Å². The standard InChI is InChI=1S/C17H22N2O2/c1-19-14-4-3-5-15(19)10-17(20,9-14)13-6-7-16(21-2)12(8-13)11-18/h6-8,14-15,20H,3-5,9-10H2,1-2H3. The lowest BCUT2D eigenvalue weighted by Gasteiger charge is -2.50.